The number of nitrogens with one attached hydrogen (secondary N) is 2. The third-order valence-electron chi connectivity index (χ3n) is 5.78. The number of amides is 4. The van der Waals surface area contributed by atoms with Gasteiger partial charge in [0.15, 0.2) is 11.5 Å². The number of fused-ring (bicyclic) bond motifs is 1. The first kappa shape index (κ1) is 20.5. The molecule has 1 aromatic rings. The van der Waals surface area contributed by atoms with Crippen LogP contribution in [0.1, 0.15) is 25.7 Å². The van der Waals surface area contributed by atoms with Crippen molar-refractivity contribution >= 4 is 17.8 Å². The molecule has 4 amide bonds. The van der Waals surface area contributed by atoms with Crippen LogP contribution in [0.2, 0.25) is 0 Å². The molecular formula is C21H28N4O5. The Kier molecular flexibility index (Phi) is 6.37. The van der Waals surface area contributed by atoms with Crippen molar-refractivity contribution in [1.82, 2.24) is 20.4 Å². The van der Waals surface area contributed by atoms with E-state index in [2.05, 4.69) is 10.6 Å². The summed E-state index contributed by atoms with van der Waals surface area (Å²) in [5.74, 6) is 0.790. The first-order valence-corrected chi connectivity index (χ1v) is 10.6. The van der Waals surface area contributed by atoms with Gasteiger partial charge in [-0.2, -0.15) is 0 Å². The molecule has 1 atom stereocenters. The van der Waals surface area contributed by atoms with Gasteiger partial charge in [-0.05, 0) is 25.0 Å². The Morgan fingerprint density at radius 1 is 1.00 bits per heavy atom. The van der Waals surface area contributed by atoms with Gasteiger partial charge in [-0.3, -0.25) is 19.8 Å². The number of rotatable bonds is 4. The topological polar surface area (TPSA) is 100 Å². The van der Waals surface area contributed by atoms with E-state index >= 15 is 0 Å². The highest BCUT2D eigenvalue weighted by molar-refractivity contribution is 5.95. The Balaban J connectivity index is 1.19. The molecule has 1 unspecified atom stereocenters. The average molecular weight is 416 g/mol. The van der Waals surface area contributed by atoms with Gasteiger partial charge in [-0.15, -0.1) is 0 Å². The standard InChI is InChI=1S/C21H28N4O5/c26-19(23-21(28)22-15-5-1-2-6-15)13-24-9-11-25(12-10-24)20(27)18-14-29-16-7-3-4-8-17(16)30-18/h3-4,7-8,15,18H,1-2,5-6,9-14H2,(H2,22,23,26,28). The highest BCUT2D eigenvalue weighted by atomic mass is 16.6. The molecule has 2 aliphatic heterocycles. The minimum atomic E-state index is -0.658. The molecule has 4 rings (SSSR count). The van der Waals surface area contributed by atoms with Crippen molar-refractivity contribution < 1.29 is 23.9 Å². The molecule has 1 aromatic carbocycles. The fourth-order valence-electron chi connectivity index (χ4n) is 4.13. The van der Waals surface area contributed by atoms with Crippen molar-refractivity contribution in [3.63, 3.8) is 0 Å². The summed E-state index contributed by atoms with van der Waals surface area (Å²) in [5, 5.41) is 5.25. The number of para-hydroxylation sites is 2. The number of piperazine rings is 1. The maximum atomic E-state index is 12.8. The number of imide groups is 1. The summed E-state index contributed by atoms with van der Waals surface area (Å²) in [6.45, 7) is 2.45. The minimum Gasteiger partial charge on any atom is -0.485 e. The second-order valence-electron chi connectivity index (χ2n) is 7.97. The Morgan fingerprint density at radius 2 is 1.70 bits per heavy atom. The minimum absolute atomic E-state index is 0.107. The number of carbonyl (C=O) groups is 3. The maximum absolute atomic E-state index is 12.8. The second kappa shape index (κ2) is 9.34. The summed E-state index contributed by atoms with van der Waals surface area (Å²) in [6, 6.07) is 7.05. The van der Waals surface area contributed by atoms with Gasteiger partial charge < -0.3 is 19.7 Å². The van der Waals surface area contributed by atoms with Crippen molar-refractivity contribution in [2.45, 2.75) is 37.8 Å². The summed E-state index contributed by atoms with van der Waals surface area (Å²) >= 11 is 0. The van der Waals surface area contributed by atoms with Gasteiger partial charge in [-0.25, -0.2) is 4.79 Å². The van der Waals surface area contributed by atoms with E-state index in [1.807, 2.05) is 23.1 Å². The van der Waals surface area contributed by atoms with Gasteiger partial charge in [0.1, 0.15) is 6.61 Å². The predicted octanol–water partition coefficient (Wildman–Crippen LogP) is 0.739. The Bertz CT molecular complexity index is 787. The number of hydrogen-bond acceptors (Lipinski definition) is 6. The molecule has 0 bridgehead atoms. The van der Waals surface area contributed by atoms with E-state index in [1.165, 1.54) is 0 Å². The Hall–Kier alpha value is -2.81. The molecule has 2 N–H and O–H groups in total. The molecule has 0 spiro atoms. The molecule has 2 heterocycles. The van der Waals surface area contributed by atoms with Crippen LogP contribution in [-0.4, -0.2) is 79.1 Å². The van der Waals surface area contributed by atoms with E-state index in [9.17, 15) is 14.4 Å². The number of nitrogens with zero attached hydrogens (tertiary/aromatic N) is 2. The molecule has 3 aliphatic rings. The maximum Gasteiger partial charge on any atom is 0.321 e. The van der Waals surface area contributed by atoms with E-state index in [-0.39, 0.29) is 31.0 Å². The van der Waals surface area contributed by atoms with Crippen molar-refractivity contribution in [3.05, 3.63) is 24.3 Å². The lowest BCUT2D eigenvalue weighted by Crippen LogP contribution is -2.55. The summed E-state index contributed by atoms with van der Waals surface area (Å²) < 4.78 is 11.4. The molecule has 1 saturated heterocycles. The lowest BCUT2D eigenvalue weighted by atomic mass is 10.2. The van der Waals surface area contributed by atoms with Crippen LogP contribution in [0.4, 0.5) is 4.79 Å². The molecule has 1 saturated carbocycles. The molecule has 0 aromatic heterocycles. The SMILES string of the molecule is O=C(CN1CCN(C(=O)C2COc3ccccc3O2)CC1)NC(=O)NC1CCCC1. The van der Waals surface area contributed by atoms with Gasteiger partial charge in [-0.1, -0.05) is 25.0 Å². The lowest BCUT2D eigenvalue weighted by molar-refractivity contribution is -0.143. The second-order valence-corrected chi connectivity index (χ2v) is 7.97. The summed E-state index contributed by atoms with van der Waals surface area (Å²) in [5.41, 5.74) is 0. The highest BCUT2D eigenvalue weighted by Gasteiger charge is 2.33. The number of ether oxygens (including phenoxy) is 2. The molecule has 1 aliphatic carbocycles. The zero-order chi connectivity index (χ0) is 20.9. The number of benzene rings is 1. The first-order chi connectivity index (χ1) is 14.6. The summed E-state index contributed by atoms with van der Waals surface area (Å²) in [6.07, 6.45) is 3.52. The van der Waals surface area contributed by atoms with E-state index in [0.29, 0.717) is 37.7 Å². The van der Waals surface area contributed by atoms with E-state index in [4.69, 9.17) is 9.47 Å². The van der Waals surface area contributed by atoms with Crippen LogP contribution in [0.25, 0.3) is 0 Å². The highest BCUT2D eigenvalue weighted by Crippen LogP contribution is 2.31. The van der Waals surface area contributed by atoms with Crippen LogP contribution < -0.4 is 20.1 Å². The normalized spacial score (nSPS) is 21.9. The van der Waals surface area contributed by atoms with Gasteiger partial charge in [0, 0.05) is 32.2 Å². The van der Waals surface area contributed by atoms with Crippen LogP contribution in [0.15, 0.2) is 24.3 Å². The van der Waals surface area contributed by atoms with Crippen LogP contribution in [0.5, 0.6) is 11.5 Å². The van der Waals surface area contributed by atoms with Crippen LogP contribution >= 0.6 is 0 Å². The third kappa shape index (κ3) is 5.02. The van der Waals surface area contributed by atoms with Crippen molar-refractivity contribution in [1.29, 1.82) is 0 Å². The number of hydrogen-bond donors (Lipinski definition) is 2. The van der Waals surface area contributed by atoms with Gasteiger partial charge in [0.2, 0.25) is 12.0 Å². The van der Waals surface area contributed by atoms with Crippen LogP contribution in [0.3, 0.4) is 0 Å². The lowest BCUT2D eigenvalue weighted by Gasteiger charge is -2.36. The average Bonchev–Trinajstić information content (AvgIpc) is 3.26. The summed E-state index contributed by atoms with van der Waals surface area (Å²) in [7, 11) is 0. The molecule has 30 heavy (non-hydrogen) atoms. The largest absolute Gasteiger partial charge is 0.485 e. The third-order valence-corrected chi connectivity index (χ3v) is 5.78. The smallest absolute Gasteiger partial charge is 0.321 e. The Morgan fingerprint density at radius 3 is 2.43 bits per heavy atom. The van der Waals surface area contributed by atoms with Crippen molar-refractivity contribution in [3.8, 4) is 11.5 Å². The monoisotopic (exact) mass is 416 g/mol. The molecule has 0 radical (unpaired) electrons. The van der Waals surface area contributed by atoms with Crippen LogP contribution in [0, 0.1) is 0 Å². The summed E-state index contributed by atoms with van der Waals surface area (Å²) in [4.78, 5) is 40.5. The van der Waals surface area contributed by atoms with Crippen LogP contribution in [-0.2, 0) is 9.59 Å². The molecular weight excluding hydrogens is 388 g/mol. The number of urea groups is 1. The quantitative estimate of drug-likeness (QED) is 0.751. The van der Waals surface area contributed by atoms with E-state index in [1.54, 1.807) is 11.0 Å². The van der Waals surface area contributed by atoms with E-state index in [0.717, 1.165) is 25.7 Å². The van der Waals surface area contributed by atoms with Crippen molar-refractivity contribution in [2.24, 2.45) is 0 Å². The zero-order valence-electron chi connectivity index (χ0n) is 17.0. The van der Waals surface area contributed by atoms with Gasteiger partial charge in [0.05, 0.1) is 6.54 Å². The van der Waals surface area contributed by atoms with Crippen molar-refractivity contribution in [2.75, 3.05) is 39.3 Å². The molecule has 2 fully saturated rings. The van der Waals surface area contributed by atoms with Gasteiger partial charge in [0.25, 0.3) is 5.91 Å². The zero-order valence-corrected chi connectivity index (χ0v) is 17.0. The number of carbonyl (C=O) groups excluding carboxylic acids is 3. The Labute approximate surface area is 175 Å². The fourth-order valence-corrected chi connectivity index (χ4v) is 4.13. The molecule has 9 nitrogen and oxygen atoms in total. The van der Waals surface area contributed by atoms with Gasteiger partial charge >= 0.3 is 6.03 Å². The predicted molar refractivity (Wildman–Crippen MR) is 108 cm³/mol. The fraction of sp³-hybridized carbons (Fsp3) is 0.571. The first-order valence-electron chi connectivity index (χ1n) is 10.6. The molecule has 9 heteroatoms. The van der Waals surface area contributed by atoms with E-state index < -0.39 is 12.1 Å². The molecule has 162 valence electrons.